The fourth-order valence-electron chi connectivity index (χ4n) is 3.67. The Morgan fingerprint density at radius 2 is 1.68 bits per heavy atom. The van der Waals surface area contributed by atoms with E-state index in [9.17, 15) is 14.7 Å². The van der Waals surface area contributed by atoms with Crippen LogP contribution in [0.4, 0.5) is 4.79 Å². The number of urea groups is 1. The molecule has 6 nitrogen and oxygen atoms in total. The van der Waals surface area contributed by atoms with Gasteiger partial charge in [0, 0.05) is 0 Å². The van der Waals surface area contributed by atoms with Crippen LogP contribution < -0.4 is 10.1 Å². The Morgan fingerprint density at radius 1 is 1.11 bits per heavy atom. The summed E-state index contributed by atoms with van der Waals surface area (Å²) in [6.45, 7) is 10.4. The van der Waals surface area contributed by atoms with Crippen molar-refractivity contribution in [1.82, 2.24) is 10.2 Å². The zero-order valence-corrected chi connectivity index (χ0v) is 17.7. The molecule has 1 atom stereocenters. The number of amides is 3. The number of nitrogens with one attached hydrogen (secondary N) is 1. The van der Waals surface area contributed by atoms with Crippen molar-refractivity contribution in [2.24, 2.45) is 0 Å². The van der Waals surface area contributed by atoms with Crippen LogP contribution in [0, 0.1) is 0 Å². The Labute approximate surface area is 168 Å². The summed E-state index contributed by atoms with van der Waals surface area (Å²) in [5.74, 6) is 0.408. The van der Waals surface area contributed by atoms with Crippen LogP contribution in [0.25, 0.3) is 0 Å². The van der Waals surface area contributed by atoms with E-state index in [-0.39, 0.29) is 24.5 Å². The van der Waals surface area contributed by atoms with Gasteiger partial charge in [0.25, 0.3) is 5.91 Å². The van der Waals surface area contributed by atoms with Gasteiger partial charge in [-0.15, -0.1) is 0 Å². The highest BCUT2D eigenvalue weighted by molar-refractivity contribution is 6.07. The Kier molecular flexibility index (Phi) is 7.10. The van der Waals surface area contributed by atoms with Gasteiger partial charge < -0.3 is 15.2 Å². The highest BCUT2D eigenvalue weighted by atomic mass is 16.5. The van der Waals surface area contributed by atoms with E-state index in [4.69, 9.17) is 4.74 Å². The topological polar surface area (TPSA) is 78.9 Å². The average molecular weight is 391 g/mol. The van der Waals surface area contributed by atoms with E-state index >= 15 is 0 Å². The highest BCUT2D eigenvalue weighted by Gasteiger charge is 2.50. The monoisotopic (exact) mass is 390 g/mol. The van der Waals surface area contributed by atoms with Gasteiger partial charge in [-0.25, -0.2) is 4.79 Å². The lowest BCUT2D eigenvalue weighted by Gasteiger charge is -2.26. The molecule has 0 saturated carbocycles. The minimum atomic E-state index is -0.948. The number of hydrogen-bond acceptors (Lipinski definition) is 4. The number of β-amino-alcohol motifs (C(OH)–C–C–N with tert-alkyl or cyclic N) is 1. The molecular formula is C22H34N2O4. The maximum atomic E-state index is 12.8. The molecule has 28 heavy (non-hydrogen) atoms. The smallest absolute Gasteiger partial charge is 0.325 e. The molecule has 2 N–H and O–H groups in total. The fourth-order valence-corrected chi connectivity index (χ4v) is 3.67. The fraction of sp³-hybridized carbons (Fsp3) is 0.636. The van der Waals surface area contributed by atoms with Crippen molar-refractivity contribution >= 4 is 11.9 Å². The summed E-state index contributed by atoms with van der Waals surface area (Å²) in [5.41, 5.74) is 0.428. The summed E-state index contributed by atoms with van der Waals surface area (Å²) >= 11 is 0. The molecule has 1 aromatic rings. The van der Waals surface area contributed by atoms with Crippen molar-refractivity contribution in [3.63, 3.8) is 0 Å². The van der Waals surface area contributed by atoms with E-state index in [1.807, 2.05) is 38.1 Å². The third-order valence-corrected chi connectivity index (χ3v) is 5.16. The number of rotatable bonds is 9. The second kappa shape index (κ2) is 8.95. The van der Waals surface area contributed by atoms with Crippen molar-refractivity contribution in [3.8, 4) is 5.75 Å². The van der Waals surface area contributed by atoms with Gasteiger partial charge >= 0.3 is 6.03 Å². The predicted octanol–water partition coefficient (Wildman–Crippen LogP) is 3.61. The number of ether oxygens (including phenoxy) is 1. The van der Waals surface area contributed by atoms with Crippen molar-refractivity contribution < 1.29 is 19.4 Å². The van der Waals surface area contributed by atoms with Crippen LogP contribution in [0.5, 0.6) is 5.75 Å². The normalized spacial score (nSPS) is 17.6. The summed E-state index contributed by atoms with van der Waals surface area (Å²) in [6.07, 6.45) is 1.87. The molecular weight excluding hydrogens is 356 g/mol. The summed E-state index contributed by atoms with van der Waals surface area (Å²) in [7, 11) is 0. The highest BCUT2D eigenvalue weighted by Crippen LogP contribution is 2.28. The van der Waals surface area contributed by atoms with Crippen LogP contribution in [0.3, 0.4) is 0 Å². The van der Waals surface area contributed by atoms with E-state index in [1.54, 1.807) is 0 Å². The Balaban J connectivity index is 1.94. The van der Waals surface area contributed by atoms with Crippen molar-refractivity contribution in [1.29, 1.82) is 0 Å². The molecule has 0 spiro atoms. The van der Waals surface area contributed by atoms with Crippen molar-refractivity contribution in [2.45, 2.75) is 77.4 Å². The van der Waals surface area contributed by atoms with Crippen LogP contribution >= 0.6 is 0 Å². The number of aliphatic hydroxyl groups is 1. The lowest BCUT2D eigenvalue weighted by molar-refractivity contribution is -0.133. The van der Waals surface area contributed by atoms with Gasteiger partial charge in [-0.2, -0.15) is 0 Å². The number of nitrogens with zero attached hydrogens (tertiary/aromatic N) is 1. The van der Waals surface area contributed by atoms with Crippen LogP contribution in [-0.4, -0.2) is 46.7 Å². The van der Waals surface area contributed by atoms with Crippen molar-refractivity contribution in [3.05, 3.63) is 29.8 Å². The van der Waals surface area contributed by atoms with Gasteiger partial charge in [-0.3, -0.25) is 9.69 Å². The minimum absolute atomic E-state index is 0.0144. The van der Waals surface area contributed by atoms with Crippen molar-refractivity contribution in [2.75, 3.05) is 13.2 Å². The Morgan fingerprint density at radius 3 is 2.18 bits per heavy atom. The molecule has 1 aromatic carbocycles. The first-order chi connectivity index (χ1) is 13.1. The van der Waals surface area contributed by atoms with Gasteiger partial charge in [0.2, 0.25) is 0 Å². The third-order valence-electron chi connectivity index (χ3n) is 5.16. The van der Waals surface area contributed by atoms with Crippen LogP contribution in [0.15, 0.2) is 24.3 Å². The lowest BCUT2D eigenvalue weighted by atomic mass is 9.87. The van der Waals surface area contributed by atoms with Gasteiger partial charge in [-0.1, -0.05) is 59.6 Å². The first kappa shape index (κ1) is 22.2. The molecule has 156 valence electrons. The molecule has 6 heteroatoms. The van der Waals surface area contributed by atoms with Crippen LogP contribution in [0.1, 0.15) is 65.9 Å². The van der Waals surface area contributed by atoms with Gasteiger partial charge in [-0.05, 0) is 36.0 Å². The standard InChI is InChI=1S/C22H34N2O4/c1-6-12-22(13-7-2)19(26)24(20(27)23-22)14-17(25)15-28-18-10-8-16(9-11-18)21(3,4)5/h8-11,17,25H,6-7,12-15H2,1-5H3,(H,23,27). The number of imide groups is 1. The number of benzene rings is 1. The van der Waals surface area contributed by atoms with Gasteiger partial charge in [0.05, 0.1) is 6.54 Å². The van der Waals surface area contributed by atoms with Crippen LogP contribution in [-0.2, 0) is 10.2 Å². The third kappa shape index (κ3) is 5.04. The Bertz CT molecular complexity index is 673. The molecule has 0 aromatic heterocycles. The first-order valence-corrected chi connectivity index (χ1v) is 10.2. The first-order valence-electron chi connectivity index (χ1n) is 10.2. The molecule has 0 bridgehead atoms. The number of aliphatic hydroxyl groups excluding tert-OH is 1. The maximum Gasteiger partial charge on any atom is 0.325 e. The maximum absolute atomic E-state index is 12.8. The lowest BCUT2D eigenvalue weighted by Crippen LogP contribution is -2.47. The molecule has 2 rings (SSSR count). The molecule has 1 aliphatic rings. The molecule has 1 saturated heterocycles. The minimum Gasteiger partial charge on any atom is -0.491 e. The summed E-state index contributed by atoms with van der Waals surface area (Å²) in [5, 5.41) is 13.2. The van der Waals surface area contributed by atoms with E-state index in [2.05, 4.69) is 26.1 Å². The Hall–Kier alpha value is -2.08. The molecule has 1 heterocycles. The second-order valence-electron chi connectivity index (χ2n) is 8.67. The van der Waals surface area contributed by atoms with Gasteiger partial charge in [0.15, 0.2) is 0 Å². The molecule has 3 amide bonds. The zero-order chi connectivity index (χ0) is 20.9. The van der Waals surface area contributed by atoms with E-state index in [0.29, 0.717) is 18.6 Å². The number of carbonyl (C=O) groups excluding carboxylic acids is 2. The van der Waals surface area contributed by atoms with E-state index in [1.165, 1.54) is 5.56 Å². The van der Waals surface area contributed by atoms with Gasteiger partial charge in [0.1, 0.15) is 24.0 Å². The molecule has 0 radical (unpaired) electrons. The van der Waals surface area contributed by atoms with Crippen LogP contribution in [0.2, 0.25) is 0 Å². The molecule has 1 fully saturated rings. The summed E-state index contributed by atoms with van der Waals surface area (Å²) < 4.78 is 5.64. The molecule has 0 aliphatic carbocycles. The predicted molar refractivity (Wildman–Crippen MR) is 109 cm³/mol. The largest absolute Gasteiger partial charge is 0.491 e. The average Bonchev–Trinajstić information content (AvgIpc) is 2.84. The van der Waals surface area contributed by atoms with E-state index < -0.39 is 17.7 Å². The SMILES string of the molecule is CCCC1(CCC)NC(=O)N(CC(O)COc2ccc(C(C)(C)C)cc2)C1=O. The number of hydrogen-bond donors (Lipinski definition) is 2. The van der Waals surface area contributed by atoms with E-state index in [0.717, 1.165) is 17.7 Å². The molecule has 1 unspecified atom stereocenters. The summed E-state index contributed by atoms with van der Waals surface area (Å²) in [6, 6.07) is 7.32. The summed E-state index contributed by atoms with van der Waals surface area (Å²) in [4.78, 5) is 26.3. The quantitative estimate of drug-likeness (QED) is 0.631. The number of carbonyl (C=O) groups is 2. The molecule has 1 aliphatic heterocycles. The second-order valence-corrected chi connectivity index (χ2v) is 8.67. The zero-order valence-electron chi connectivity index (χ0n) is 17.7.